The SMILES string of the molecule is CC(SC(=O)[C@H](Cc1cncn1C)NC(=O)CCN)C(=O)NCC(=O)O. The van der Waals surface area contributed by atoms with Crippen molar-refractivity contribution in [2.24, 2.45) is 12.8 Å². The molecule has 0 bridgehead atoms. The van der Waals surface area contributed by atoms with Crippen molar-refractivity contribution in [2.75, 3.05) is 13.1 Å². The van der Waals surface area contributed by atoms with Gasteiger partial charge in [-0.25, -0.2) is 4.98 Å². The lowest BCUT2D eigenvalue weighted by atomic mass is 10.1. The van der Waals surface area contributed by atoms with Gasteiger partial charge in [-0.2, -0.15) is 0 Å². The molecule has 1 rings (SSSR count). The number of nitrogens with zero attached hydrogens (tertiary/aromatic N) is 2. The first-order valence-corrected chi connectivity index (χ1v) is 8.77. The number of hydrogen-bond acceptors (Lipinski definition) is 7. The summed E-state index contributed by atoms with van der Waals surface area (Å²) in [6.45, 7) is 1.12. The predicted octanol–water partition coefficient (Wildman–Crippen LogP) is -1.35. The van der Waals surface area contributed by atoms with Gasteiger partial charge < -0.3 is 26.0 Å². The number of rotatable bonds is 10. The standard InChI is InChI=1S/C15H23N5O5S/c1-9(14(24)18-7-13(22)23)26-15(25)11(19-12(21)3-4-16)5-10-6-17-8-20(10)2/h6,8-9,11H,3-5,7,16H2,1-2H3,(H,18,24)(H,19,21)(H,22,23)/t9?,11-/m0/s1. The highest BCUT2D eigenvalue weighted by molar-refractivity contribution is 8.14. The minimum atomic E-state index is -1.18. The number of aryl methyl sites for hydroxylation is 1. The Labute approximate surface area is 154 Å². The van der Waals surface area contributed by atoms with Gasteiger partial charge >= 0.3 is 5.97 Å². The third-order valence-corrected chi connectivity index (χ3v) is 4.48. The fourth-order valence-electron chi connectivity index (χ4n) is 2.00. The second-order valence-electron chi connectivity index (χ2n) is 5.55. The fourth-order valence-corrected chi connectivity index (χ4v) is 2.84. The number of hydrogen-bond donors (Lipinski definition) is 4. The number of carbonyl (C=O) groups excluding carboxylic acids is 3. The quantitative estimate of drug-likeness (QED) is 0.385. The molecule has 0 fully saturated rings. The molecule has 10 nitrogen and oxygen atoms in total. The highest BCUT2D eigenvalue weighted by atomic mass is 32.2. The van der Waals surface area contributed by atoms with Gasteiger partial charge in [0.2, 0.25) is 16.9 Å². The molecule has 0 aromatic carbocycles. The van der Waals surface area contributed by atoms with Crippen LogP contribution in [0.2, 0.25) is 0 Å². The lowest BCUT2D eigenvalue weighted by Gasteiger charge is -2.19. The Bertz CT molecular complexity index is 663. The molecular formula is C15H23N5O5S. The highest BCUT2D eigenvalue weighted by Crippen LogP contribution is 2.17. The fraction of sp³-hybridized carbons (Fsp3) is 0.533. The van der Waals surface area contributed by atoms with E-state index in [1.807, 2.05) is 0 Å². The van der Waals surface area contributed by atoms with Gasteiger partial charge in [-0.15, -0.1) is 0 Å². The van der Waals surface area contributed by atoms with Gasteiger partial charge in [0, 0.05) is 38.3 Å². The maximum absolute atomic E-state index is 12.6. The molecule has 0 spiro atoms. The Kier molecular flexibility index (Phi) is 8.79. The first-order chi connectivity index (χ1) is 12.2. The molecule has 11 heteroatoms. The van der Waals surface area contributed by atoms with Crippen LogP contribution in [0.15, 0.2) is 12.5 Å². The summed E-state index contributed by atoms with van der Waals surface area (Å²) in [6, 6.07) is -0.857. The zero-order valence-electron chi connectivity index (χ0n) is 14.6. The summed E-state index contributed by atoms with van der Waals surface area (Å²) in [5.41, 5.74) is 6.09. The van der Waals surface area contributed by atoms with Gasteiger partial charge in [0.25, 0.3) is 0 Å². The average molecular weight is 385 g/mol. The van der Waals surface area contributed by atoms with E-state index in [1.165, 1.54) is 6.92 Å². The van der Waals surface area contributed by atoms with E-state index in [2.05, 4.69) is 15.6 Å². The van der Waals surface area contributed by atoms with Crippen LogP contribution in [0.4, 0.5) is 0 Å². The first kappa shape index (κ1) is 21.6. The van der Waals surface area contributed by atoms with Crippen molar-refractivity contribution in [1.29, 1.82) is 0 Å². The molecule has 0 aliphatic rings. The van der Waals surface area contributed by atoms with E-state index in [4.69, 9.17) is 10.8 Å². The molecule has 0 saturated carbocycles. The molecular weight excluding hydrogens is 362 g/mol. The van der Waals surface area contributed by atoms with Crippen LogP contribution < -0.4 is 16.4 Å². The number of nitrogens with one attached hydrogen (secondary N) is 2. The highest BCUT2D eigenvalue weighted by Gasteiger charge is 2.27. The van der Waals surface area contributed by atoms with Crippen LogP contribution in [0.3, 0.4) is 0 Å². The van der Waals surface area contributed by atoms with Crippen molar-refractivity contribution in [1.82, 2.24) is 20.2 Å². The van der Waals surface area contributed by atoms with Crippen molar-refractivity contribution in [3.8, 4) is 0 Å². The molecule has 0 aliphatic carbocycles. The summed E-state index contributed by atoms with van der Waals surface area (Å²) in [5.74, 6) is -2.11. The summed E-state index contributed by atoms with van der Waals surface area (Å²) in [6.07, 6.45) is 3.45. The van der Waals surface area contributed by atoms with Crippen LogP contribution in [0, 0.1) is 0 Å². The average Bonchev–Trinajstić information content (AvgIpc) is 2.96. The normalized spacial score (nSPS) is 12.9. The molecule has 0 saturated heterocycles. The number of nitrogens with two attached hydrogens (primary N) is 1. The van der Waals surface area contributed by atoms with Crippen LogP contribution in [-0.2, 0) is 32.6 Å². The number of amides is 2. The number of aliphatic carboxylic acids is 1. The van der Waals surface area contributed by atoms with Gasteiger partial charge in [-0.1, -0.05) is 11.8 Å². The first-order valence-electron chi connectivity index (χ1n) is 7.89. The molecule has 1 aromatic heterocycles. The zero-order valence-corrected chi connectivity index (χ0v) is 15.4. The molecule has 2 atom stereocenters. The second kappa shape index (κ2) is 10.6. The molecule has 2 amide bonds. The van der Waals surface area contributed by atoms with Crippen molar-refractivity contribution in [2.45, 2.75) is 31.1 Å². The van der Waals surface area contributed by atoms with Crippen LogP contribution in [0.1, 0.15) is 19.0 Å². The predicted molar refractivity (Wildman–Crippen MR) is 95.2 cm³/mol. The lowest BCUT2D eigenvalue weighted by molar-refractivity contribution is -0.137. The molecule has 5 N–H and O–H groups in total. The van der Waals surface area contributed by atoms with E-state index < -0.39 is 34.8 Å². The van der Waals surface area contributed by atoms with E-state index in [0.29, 0.717) is 0 Å². The smallest absolute Gasteiger partial charge is 0.322 e. The molecule has 26 heavy (non-hydrogen) atoms. The number of thioether (sulfide) groups is 1. The van der Waals surface area contributed by atoms with Crippen LogP contribution in [0.25, 0.3) is 0 Å². The summed E-state index contributed by atoms with van der Waals surface area (Å²) in [4.78, 5) is 50.7. The molecule has 144 valence electrons. The van der Waals surface area contributed by atoms with Crippen LogP contribution >= 0.6 is 11.8 Å². The van der Waals surface area contributed by atoms with Crippen molar-refractivity contribution < 1.29 is 24.3 Å². The summed E-state index contributed by atoms with van der Waals surface area (Å²) < 4.78 is 1.73. The Hall–Kier alpha value is -2.40. The van der Waals surface area contributed by atoms with E-state index in [0.717, 1.165) is 17.5 Å². The Balaban J connectivity index is 2.76. The lowest BCUT2D eigenvalue weighted by Crippen LogP contribution is -2.43. The molecule has 0 aliphatic heterocycles. The van der Waals surface area contributed by atoms with Crippen LogP contribution in [0.5, 0.6) is 0 Å². The molecule has 1 aromatic rings. The number of aromatic nitrogens is 2. The topological polar surface area (TPSA) is 156 Å². The van der Waals surface area contributed by atoms with E-state index in [-0.39, 0.29) is 25.3 Å². The third kappa shape index (κ3) is 7.23. The minimum absolute atomic E-state index is 0.0779. The minimum Gasteiger partial charge on any atom is -0.480 e. The number of carboxylic acids is 1. The van der Waals surface area contributed by atoms with Crippen molar-refractivity contribution >= 4 is 34.7 Å². The molecule has 1 heterocycles. The van der Waals surface area contributed by atoms with E-state index >= 15 is 0 Å². The van der Waals surface area contributed by atoms with Gasteiger partial charge in [-0.3, -0.25) is 19.2 Å². The van der Waals surface area contributed by atoms with Crippen molar-refractivity contribution in [3.63, 3.8) is 0 Å². The summed E-state index contributed by atoms with van der Waals surface area (Å²) in [5, 5.41) is 12.2. The Morgan fingerprint density at radius 2 is 2.08 bits per heavy atom. The molecule has 1 unspecified atom stereocenters. The second-order valence-corrected chi connectivity index (χ2v) is 6.89. The van der Waals surface area contributed by atoms with Gasteiger partial charge in [-0.05, 0) is 6.92 Å². The number of carbonyl (C=O) groups is 4. The molecule has 0 radical (unpaired) electrons. The van der Waals surface area contributed by atoms with Crippen LogP contribution in [-0.4, -0.2) is 61.9 Å². The maximum Gasteiger partial charge on any atom is 0.322 e. The Morgan fingerprint density at radius 1 is 1.38 bits per heavy atom. The van der Waals surface area contributed by atoms with Gasteiger partial charge in [0.05, 0.1) is 11.6 Å². The summed E-state index contributed by atoms with van der Waals surface area (Å²) in [7, 11) is 1.76. The monoisotopic (exact) mass is 385 g/mol. The van der Waals surface area contributed by atoms with E-state index in [9.17, 15) is 19.2 Å². The Morgan fingerprint density at radius 3 is 2.62 bits per heavy atom. The third-order valence-electron chi connectivity index (χ3n) is 3.40. The largest absolute Gasteiger partial charge is 0.480 e. The van der Waals surface area contributed by atoms with E-state index in [1.54, 1.807) is 24.1 Å². The van der Waals surface area contributed by atoms with Crippen molar-refractivity contribution in [3.05, 3.63) is 18.2 Å². The van der Waals surface area contributed by atoms with Gasteiger partial charge in [0.1, 0.15) is 12.6 Å². The number of carboxylic acid groups (broad SMARTS) is 1. The summed E-state index contributed by atoms with van der Waals surface area (Å²) >= 11 is 0.736. The zero-order chi connectivity index (χ0) is 19.7. The maximum atomic E-state index is 12.6. The number of imidazole rings is 1. The van der Waals surface area contributed by atoms with Gasteiger partial charge in [0.15, 0.2) is 0 Å².